The van der Waals surface area contributed by atoms with Gasteiger partial charge in [-0.2, -0.15) is 5.26 Å². The van der Waals surface area contributed by atoms with Crippen molar-refractivity contribution in [2.45, 2.75) is 12.0 Å². The maximum Gasteiger partial charge on any atom is 0.273 e. The zero-order chi connectivity index (χ0) is 11.5. The lowest BCUT2D eigenvalue weighted by atomic mass is 9.95. The van der Waals surface area contributed by atoms with Crippen LogP contribution in [0, 0.1) is 11.3 Å². The van der Waals surface area contributed by atoms with E-state index in [-0.39, 0.29) is 11.1 Å². The van der Waals surface area contributed by atoms with Gasteiger partial charge in [0.25, 0.3) is 6.43 Å². The van der Waals surface area contributed by atoms with Crippen molar-refractivity contribution in [3.63, 3.8) is 0 Å². The molecule has 0 aliphatic carbocycles. The van der Waals surface area contributed by atoms with Gasteiger partial charge in [0.05, 0.1) is 11.6 Å². The average Bonchev–Trinajstić information content (AvgIpc) is 2.28. The van der Waals surface area contributed by atoms with E-state index in [1.165, 1.54) is 12.1 Å². The molecule has 1 aromatic rings. The van der Waals surface area contributed by atoms with Crippen molar-refractivity contribution in [2.75, 3.05) is 6.67 Å². The fourth-order valence-corrected chi connectivity index (χ4v) is 1.09. The Labute approximate surface area is 84.6 Å². The van der Waals surface area contributed by atoms with Gasteiger partial charge in [-0.15, -0.1) is 0 Å². The minimum absolute atomic E-state index is 0.237. The van der Waals surface area contributed by atoms with E-state index in [0.29, 0.717) is 0 Å². The lowest BCUT2D eigenvalue weighted by Gasteiger charge is -2.24. The molecule has 15 heavy (non-hydrogen) atoms. The number of hydrogen-bond acceptors (Lipinski definition) is 2. The Bertz CT molecular complexity index is 371. The molecule has 0 heterocycles. The van der Waals surface area contributed by atoms with Crippen LogP contribution in [0.15, 0.2) is 24.3 Å². The second kappa shape index (κ2) is 4.32. The molecule has 1 rings (SSSR count). The molecule has 0 spiro atoms. The van der Waals surface area contributed by atoms with E-state index in [2.05, 4.69) is 0 Å². The molecule has 0 amide bonds. The van der Waals surface area contributed by atoms with Crippen molar-refractivity contribution in [3.05, 3.63) is 35.4 Å². The molecule has 0 saturated carbocycles. The van der Waals surface area contributed by atoms with Gasteiger partial charge < -0.3 is 5.11 Å². The largest absolute Gasteiger partial charge is 0.377 e. The Morgan fingerprint density at radius 2 is 1.87 bits per heavy atom. The molecule has 5 heteroatoms. The zero-order valence-electron chi connectivity index (χ0n) is 7.62. The van der Waals surface area contributed by atoms with E-state index in [9.17, 15) is 18.3 Å². The topological polar surface area (TPSA) is 44.0 Å². The van der Waals surface area contributed by atoms with Crippen LogP contribution in [0.4, 0.5) is 13.2 Å². The average molecular weight is 215 g/mol. The predicted molar refractivity (Wildman–Crippen MR) is 47.0 cm³/mol. The number of hydrogen-bond donors (Lipinski definition) is 1. The number of nitriles is 1. The quantitative estimate of drug-likeness (QED) is 0.837. The number of alkyl halides is 3. The van der Waals surface area contributed by atoms with Crippen LogP contribution >= 0.6 is 0 Å². The lowest BCUT2D eigenvalue weighted by molar-refractivity contribution is -0.114. The van der Waals surface area contributed by atoms with E-state index in [1.807, 2.05) is 0 Å². The first-order valence-electron chi connectivity index (χ1n) is 4.11. The van der Waals surface area contributed by atoms with Crippen molar-refractivity contribution in [3.8, 4) is 6.07 Å². The first kappa shape index (κ1) is 11.5. The molecule has 1 N–H and O–H groups in total. The molecule has 0 bridgehead atoms. The van der Waals surface area contributed by atoms with Crippen molar-refractivity contribution >= 4 is 0 Å². The fraction of sp³-hybridized carbons (Fsp3) is 0.300. The van der Waals surface area contributed by atoms with Crippen molar-refractivity contribution in [1.82, 2.24) is 0 Å². The maximum atomic E-state index is 12.4. The summed E-state index contributed by atoms with van der Waals surface area (Å²) in [5.74, 6) is 0. The highest BCUT2D eigenvalue weighted by atomic mass is 19.3. The summed E-state index contributed by atoms with van der Waals surface area (Å²) in [6.45, 7) is -1.57. The number of benzene rings is 1. The van der Waals surface area contributed by atoms with Gasteiger partial charge in [-0.3, -0.25) is 0 Å². The highest BCUT2D eigenvalue weighted by Gasteiger charge is 2.39. The van der Waals surface area contributed by atoms with E-state index in [0.717, 1.165) is 12.1 Å². The molecule has 0 aromatic heterocycles. The molecule has 2 nitrogen and oxygen atoms in total. The van der Waals surface area contributed by atoms with Crippen LogP contribution in [-0.4, -0.2) is 18.2 Å². The molecule has 0 aliphatic heterocycles. The minimum Gasteiger partial charge on any atom is -0.377 e. The summed E-state index contributed by atoms with van der Waals surface area (Å²) in [6, 6.07) is 6.52. The number of aliphatic hydroxyl groups is 1. The Hall–Kier alpha value is -1.54. The van der Waals surface area contributed by atoms with Crippen LogP contribution in [0.25, 0.3) is 0 Å². The third-order valence-corrected chi connectivity index (χ3v) is 2.08. The van der Waals surface area contributed by atoms with Crippen LogP contribution in [0.3, 0.4) is 0 Å². The van der Waals surface area contributed by atoms with Gasteiger partial charge in [0.1, 0.15) is 6.67 Å². The maximum absolute atomic E-state index is 12.4. The summed E-state index contributed by atoms with van der Waals surface area (Å²) in [5, 5.41) is 17.8. The standard InChI is InChI=1S/C10H8F3NO/c11-6-10(15,9(12)13)8-3-1-7(5-14)2-4-8/h1-4,9,15H,6H2. The van der Waals surface area contributed by atoms with E-state index in [4.69, 9.17) is 5.26 Å². The van der Waals surface area contributed by atoms with Gasteiger partial charge in [0.2, 0.25) is 0 Å². The summed E-state index contributed by atoms with van der Waals surface area (Å²) in [6.07, 6.45) is -3.21. The van der Waals surface area contributed by atoms with E-state index in [1.54, 1.807) is 6.07 Å². The van der Waals surface area contributed by atoms with Gasteiger partial charge in [-0.25, -0.2) is 13.2 Å². The Kier molecular flexibility index (Phi) is 3.32. The summed E-state index contributed by atoms with van der Waals surface area (Å²) in [7, 11) is 0. The van der Waals surface area contributed by atoms with Gasteiger partial charge in [-0.1, -0.05) is 12.1 Å². The molecule has 0 fully saturated rings. The van der Waals surface area contributed by atoms with Gasteiger partial charge in [0.15, 0.2) is 5.60 Å². The van der Waals surface area contributed by atoms with Crippen molar-refractivity contribution < 1.29 is 18.3 Å². The van der Waals surface area contributed by atoms with Crippen LogP contribution in [0.5, 0.6) is 0 Å². The van der Waals surface area contributed by atoms with E-state index >= 15 is 0 Å². The molecule has 0 radical (unpaired) electrons. The Balaban J connectivity index is 3.09. The van der Waals surface area contributed by atoms with Crippen LogP contribution in [-0.2, 0) is 5.60 Å². The number of halogens is 3. The van der Waals surface area contributed by atoms with Gasteiger partial charge in [-0.05, 0) is 17.7 Å². The molecular weight excluding hydrogens is 207 g/mol. The van der Waals surface area contributed by atoms with Gasteiger partial charge in [0, 0.05) is 0 Å². The monoisotopic (exact) mass is 215 g/mol. The molecule has 80 valence electrons. The van der Waals surface area contributed by atoms with Crippen molar-refractivity contribution in [1.29, 1.82) is 5.26 Å². The first-order valence-corrected chi connectivity index (χ1v) is 4.11. The summed E-state index contributed by atoms with van der Waals surface area (Å²) in [4.78, 5) is 0. The summed E-state index contributed by atoms with van der Waals surface area (Å²) < 4.78 is 37.2. The van der Waals surface area contributed by atoms with Crippen LogP contribution < -0.4 is 0 Å². The second-order valence-corrected chi connectivity index (χ2v) is 3.05. The Morgan fingerprint density at radius 3 is 2.20 bits per heavy atom. The molecule has 1 atom stereocenters. The molecular formula is C10H8F3NO. The van der Waals surface area contributed by atoms with E-state index < -0.39 is 18.7 Å². The smallest absolute Gasteiger partial charge is 0.273 e. The van der Waals surface area contributed by atoms with Gasteiger partial charge >= 0.3 is 0 Å². The van der Waals surface area contributed by atoms with Crippen LogP contribution in [0.2, 0.25) is 0 Å². The molecule has 1 unspecified atom stereocenters. The first-order chi connectivity index (χ1) is 7.04. The summed E-state index contributed by atoms with van der Waals surface area (Å²) >= 11 is 0. The fourth-order valence-electron chi connectivity index (χ4n) is 1.09. The van der Waals surface area contributed by atoms with Crippen LogP contribution in [0.1, 0.15) is 11.1 Å². The second-order valence-electron chi connectivity index (χ2n) is 3.05. The third-order valence-electron chi connectivity index (χ3n) is 2.08. The third kappa shape index (κ3) is 2.10. The molecule has 1 aromatic carbocycles. The highest BCUT2D eigenvalue weighted by molar-refractivity contribution is 5.34. The molecule has 0 aliphatic rings. The molecule has 0 saturated heterocycles. The Morgan fingerprint density at radius 1 is 1.33 bits per heavy atom. The summed E-state index contributed by atoms with van der Waals surface area (Å²) in [5.41, 5.74) is -2.76. The van der Waals surface area contributed by atoms with Crippen molar-refractivity contribution in [2.24, 2.45) is 0 Å². The predicted octanol–water partition coefficient (Wildman–Crippen LogP) is 1.98. The SMILES string of the molecule is N#Cc1ccc(C(O)(CF)C(F)F)cc1. The zero-order valence-corrected chi connectivity index (χ0v) is 7.62. The minimum atomic E-state index is -3.21. The normalized spacial score (nSPS) is 14.7. The highest BCUT2D eigenvalue weighted by Crippen LogP contribution is 2.29. The lowest BCUT2D eigenvalue weighted by Crippen LogP contribution is -2.36. The number of rotatable bonds is 3. The number of nitrogens with zero attached hydrogens (tertiary/aromatic N) is 1.